The molecular weight excluding hydrogens is 370 g/mol. The van der Waals surface area contributed by atoms with E-state index in [1.807, 2.05) is 0 Å². The average Bonchev–Trinajstić information content (AvgIpc) is 3.02. The normalized spacial score (nSPS) is 12.6. The van der Waals surface area contributed by atoms with Gasteiger partial charge in [0.2, 0.25) is 0 Å². The zero-order valence-corrected chi connectivity index (χ0v) is 15.4. The highest BCUT2D eigenvalue weighted by Gasteiger charge is 2.22. The van der Waals surface area contributed by atoms with Crippen LogP contribution in [0, 0.1) is 21.4 Å². The summed E-state index contributed by atoms with van der Waals surface area (Å²) in [5.41, 5.74) is 1.25. The number of anilines is 1. The molecule has 8 nitrogen and oxygen atoms in total. The van der Waals surface area contributed by atoms with Crippen LogP contribution in [0.1, 0.15) is 28.8 Å². The third kappa shape index (κ3) is 4.01. The zero-order valence-electron chi connectivity index (χ0n) is 14.6. The summed E-state index contributed by atoms with van der Waals surface area (Å²) in [5.74, 6) is -0.182. The van der Waals surface area contributed by atoms with E-state index in [4.69, 9.17) is 9.47 Å². The number of carbonyl (C=O) groups is 1. The van der Waals surface area contributed by atoms with Crippen molar-refractivity contribution in [3.05, 3.63) is 44.3 Å². The van der Waals surface area contributed by atoms with Gasteiger partial charge in [-0.2, -0.15) is 5.26 Å². The molecule has 0 saturated heterocycles. The van der Waals surface area contributed by atoms with E-state index < -0.39 is 17.4 Å². The Bertz CT molecular complexity index is 932. The van der Waals surface area contributed by atoms with Crippen molar-refractivity contribution < 1.29 is 19.2 Å². The molecule has 0 atom stereocenters. The molecule has 0 spiro atoms. The number of nitrogens with one attached hydrogen (secondary N) is 1. The highest BCUT2D eigenvalue weighted by molar-refractivity contribution is 7.16. The van der Waals surface area contributed by atoms with Crippen molar-refractivity contribution in [2.75, 3.05) is 19.0 Å². The molecule has 1 N–H and O–H groups in total. The first-order valence-corrected chi connectivity index (χ1v) is 9.15. The standard InChI is InChI=1S/C18H17N3O5S/c1-25-11-6-7-15(14(8-11)21(23)24)26-10-17(22)20-18-13(9-19)12-4-2-3-5-16(12)27-18/h6-8H,2-5,10H2,1H3,(H,20,22). The lowest BCUT2D eigenvalue weighted by molar-refractivity contribution is -0.385. The minimum atomic E-state index is -0.600. The second-order valence-electron chi connectivity index (χ2n) is 5.95. The maximum Gasteiger partial charge on any atom is 0.314 e. The van der Waals surface area contributed by atoms with E-state index in [2.05, 4.69) is 11.4 Å². The molecule has 0 radical (unpaired) electrons. The Hall–Kier alpha value is -3.12. The van der Waals surface area contributed by atoms with Crippen molar-refractivity contribution in [1.29, 1.82) is 5.26 Å². The number of benzene rings is 1. The first-order chi connectivity index (χ1) is 13.0. The van der Waals surface area contributed by atoms with Crippen LogP contribution in [0.25, 0.3) is 0 Å². The Kier molecular flexibility index (Phi) is 5.57. The zero-order chi connectivity index (χ0) is 19.4. The number of rotatable bonds is 6. The van der Waals surface area contributed by atoms with E-state index >= 15 is 0 Å². The molecule has 1 aromatic carbocycles. The van der Waals surface area contributed by atoms with Crippen LogP contribution in [0.2, 0.25) is 0 Å². The Balaban J connectivity index is 1.70. The number of fused-ring (bicyclic) bond motifs is 1. The predicted octanol–water partition coefficient (Wildman–Crippen LogP) is 3.43. The fourth-order valence-electron chi connectivity index (χ4n) is 2.97. The van der Waals surface area contributed by atoms with Crippen LogP contribution in [0.4, 0.5) is 10.7 Å². The lowest BCUT2D eigenvalue weighted by atomic mass is 9.96. The molecule has 0 unspecified atom stereocenters. The van der Waals surface area contributed by atoms with Crippen LogP contribution in [0.3, 0.4) is 0 Å². The van der Waals surface area contributed by atoms with E-state index in [0.717, 1.165) is 36.1 Å². The fraction of sp³-hybridized carbons (Fsp3) is 0.333. The van der Waals surface area contributed by atoms with Crippen molar-refractivity contribution in [2.45, 2.75) is 25.7 Å². The van der Waals surface area contributed by atoms with Crippen LogP contribution in [-0.2, 0) is 17.6 Å². The van der Waals surface area contributed by atoms with Crippen LogP contribution in [0.15, 0.2) is 18.2 Å². The number of amides is 1. The first kappa shape index (κ1) is 18.7. The lowest BCUT2D eigenvalue weighted by Gasteiger charge is -2.09. The Labute approximate surface area is 159 Å². The van der Waals surface area contributed by atoms with Gasteiger partial charge in [0.25, 0.3) is 5.91 Å². The number of nitriles is 1. The van der Waals surface area contributed by atoms with Gasteiger partial charge >= 0.3 is 5.69 Å². The number of nitro benzene ring substituents is 1. The maximum absolute atomic E-state index is 12.2. The smallest absolute Gasteiger partial charge is 0.314 e. The number of methoxy groups -OCH3 is 1. The van der Waals surface area contributed by atoms with Crippen LogP contribution in [-0.4, -0.2) is 24.5 Å². The number of hydrogen-bond acceptors (Lipinski definition) is 7. The molecule has 3 rings (SSSR count). The summed E-state index contributed by atoms with van der Waals surface area (Å²) in [6.07, 6.45) is 3.88. The quantitative estimate of drug-likeness (QED) is 0.600. The summed E-state index contributed by atoms with van der Waals surface area (Å²) in [6.45, 7) is -0.402. The second kappa shape index (κ2) is 8.05. The van der Waals surface area contributed by atoms with Gasteiger partial charge in [0.1, 0.15) is 16.8 Å². The monoisotopic (exact) mass is 387 g/mol. The molecule has 1 amide bonds. The molecule has 1 aromatic heterocycles. The Morgan fingerprint density at radius 3 is 2.89 bits per heavy atom. The van der Waals surface area contributed by atoms with Crippen molar-refractivity contribution >= 4 is 27.9 Å². The van der Waals surface area contributed by atoms with Gasteiger partial charge in [0.05, 0.1) is 23.7 Å². The number of hydrogen-bond donors (Lipinski definition) is 1. The largest absolute Gasteiger partial charge is 0.496 e. The van der Waals surface area contributed by atoms with Gasteiger partial charge in [-0.15, -0.1) is 11.3 Å². The van der Waals surface area contributed by atoms with E-state index in [1.165, 1.54) is 36.6 Å². The third-order valence-corrected chi connectivity index (χ3v) is 5.46. The molecular formula is C18H17N3O5S. The van der Waals surface area contributed by atoms with Crippen molar-refractivity contribution in [3.63, 3.8) is 0 Å². The summed E-state index contributed by atoms with van der Waals surface area (Å²) < 4.78 is 10.3. The number of nitrogens with zero attached hydrogens (tertiary/aromatic N) is 2. The van der Waals surface area contributed by atoms with Crippen molar-refractivity contribution in [2.24, 2.45) is 0 Å². The Morgan fingerprint density at radius 2 is 2.19 bits per heavy atom. The topological polar surface area (TPSA) is 114 Å². The SMILES string of the molecule is COc1ccc(OCC(=O)Nc2sc3c(c2C#N)CCCC3)c([N+](=O)[O-])c1. The second-order valence-corrected chi connectivity index (χ2v) is 7.06. The summed E-state index contributed by atoms with van der Waals surface area (Å²) in [5, 5.41) is 23.8. The van der Waals surface area contributed by atoms with Gasteiger partial charge in [-0.25, -0.2) is 0 Å². The predicted molar refractivity (Wildman–Crippen MR) is 99.4 cm³/mol. The van der Waals surface area contributed by atoms with Crippen molar-refractivity contribution in [1.82, 2.24) is 0 Å². The lowest BCUT2D eigenvalue weighted by Crippen LogP contribution is -2.20. The molecule has 0 aliphatic heterocycles. The molecule has 1 aliphatic carbocycles. The molecule has 27 heavy (non-hydrogen) atoms. The van der Waals surface area contributed by atoms with E-state index in [0.29, 0.717) is 16.3 Å². The van der Waals surface area contributed by atoms with E-state index in [9.17, 15) is 20.2 Å². The molecule has 0 saturated carbocycles. The first-order valence-electron chi connectivity index (χ1n) is 8.33. The summed E-state index contributed by atoms with van der Waals surface area (Å²) in [7, 11) is 1.40. The molecule has 1 aliphatic rings. The van der Waals surface area contributed by atoms with E-state index in [1.54, 1.807) is 0 Å². The molecule has 0 bridgehead atoms. The van der Waals surface area contributed by atoms with Gasteiger partial charge < -0.3 is 14.8 Å². The summed E-state index contributed by atoms with van der Waals surface area (Å²) in [6, 6.07) is 6.30. The highest BCUT2D eigenvalue weighted by Crippen LogP contribution is 2.37. The Morgan fingerprint density at radius 1 is 1.41 bits per heavy atom. The third-order valence-electron chi connectivity index (χ3n) is 4.26. The average molecular weight is 387 g/mol. The maximum atomic E-state index is 12.2. The minimum absolute atomic E-state index is 0.0260. The van der Waals surface area contributed by atoms with E-state index in [-0.39, 0.29) is 11.4 Å². The van der Waals surface area contributed by atoms with Gasteiger partial charge in [-0.1, -0.05) is 0 Å². The van der Waals surface area contributed by atoms with Gasteiger partial charge in [0, 0.05) is 4.88 Å². The number of thiophene rings is 1. The molecule has 140 valence electrons. The highest BCUT2D eigenvalue weighted by atomic mass is 32.1. The number of aryl methyl sites for hydroxylation is 1. The fourth-order valence-corrected chi connectivity index (χ4v) is 4.22. The number of nitro groups is 1. The van der Waals surface area contributed by atoms with Crippen LogP contribution in [0.5, 0.6) is 11.5 Å². The number of carbonyl (C=O) groups excluding carboxylic acids is 1. The molecule has 1 heterocycles. The van der Waals surface area contributed by atoms with Gasteiger partial charge in [0.15, 0.2) is 12.4 Å². The van der Waals surface area contributed by atoms with Crippen LogP contribution >= 0.6 is 11.3 Å². The van der Waals surface area contributed by atoms with Crippen molar-refractivity contribution in [3.8, 4) is 17.6 Å². The molecule has 0 fully saturated rings. The summed E-state index contributed by atoms with van der Waals surface area (Å²) in [4.78, 5) is 23.9. The molecule has 9 heteroatoms. The van der Waals surface area contributed by atoms with Gasteiger partial charge in [-0.05, 0) is 43.4 Å². The minimum Gasteiger partial charge on any atom is -0.496 e. The number of ether oxygens (including phenoxy) is 2. The summed E-state index contributed by atoms with van der Waals surface area (Å²) >= 11 is 1.41. The molecule has 2 aromatic rings. The van der Waals surface area contributed by atoms with Crippen LogP contribution < -0.4 is 14.8 Å². The van der Waals surface area contributed by atoms with Gasteiger partial charge in [-0.3, -0.25) is 14.9 Å².